The molecule has 0 spiro atoms. The number of ether oxygens (including phenoxy) is 1. The van der Waals surface area contributed by atoms with E-state index >= 15 is 0 Å². The van der Waals surface area contributed by atoms with Gasteiger partial charge in [0.2, 0.25) is 0 Å². The van der Waals surface area contributed by atoms with Gasteiger partial charge in [0.25, 0.3) is 0 Å². The fraction of sp³-hybridized carbons (Fsp3) is 0.308. The highest BCUT2D eigenvalue weighted by atomic mass is 16.5. The first-order valence-electron chi connectivity index (χ1n) is 5.14. The Morgan fingerprint density at radius 2 is 1.88 bits per heavy atom. The molecule has 1 aromatic rings. The number of aldehydes is 1. The molecule has 0 radical (unpaired) electrons. The van der Waals surface area contributed by atoms with E-state index in [-0.39, 0.29) is 0 Å². The molecule has 0 saturated carbocycles. The molecule has 0 atom stereocenters. The highest BCUT2D eigenvalue weighted by Gasteiger charge is 2.17. The number of carbonyl (C=O) groups excluding carboxylic acids is 1. The molecule has 0 aromatic heterocycles. The van der Waals surface area contributed by atoms with E-state index in [1.807, 2.05) is 24.3 Å². The minimum Gasteiger partial charge on any atom is -0.335 e. The van der Waals surface area contributed by atoms with Crippen LogP contribution in [0.1, 0.15) is 5.56 Å². The molecule has 86 valence electrons. The molecule has 0 bridgehead atoms. The van der Waals surface area contributed by atoms with Crippen LogP contribution in [-0.2, 0) is 9.53 Å². The van der Waals surface area contributed by atoms with Crippen molar-refractivity contribution in [3.8, 4) is 0 Å². The van der Waals surface area contributed by atoms with E-state index in [9.17, 15) is 4.79 Å². The largest absolute Gasteiger partial charge is 0.335 e. The van der Waals surface area contributed by atoms with Crippen LogP contribution in [0.25, 0.3) is 6.08 Å². The SMILES string of the molecule is COC[N+](C)(C)c1ccc(/C=C\C=O)cc1. The number of methoxy groups -OCH3 is 1. The summed E-state index contributed by atoms with van der Waals surface area (Å²) in [5, 5.41) is 0. The quantitative estimate of drug-likeness (QED) is 0.328. The number of hydrogen-bond acceptors (Lipinski definition) is 2. The summed E-state index contributed by atoms with van der Waals surface area (Å²) in [7, 11) is 5.86. The monoisotopic (exact) mass is 220 g/mol. The van der Waals surface area contributed by atoms with Crippen molar-refractivity contribution in [3.05, 3.63) is 35.9 Å². The normalized spacial score (nSPS) is 11.9. The van der Waals surface area contributed by atoms with E-state index in [1.165, 1.54) is 11.8 Å². The summed E-state index contributed by atoms with van der Waals surface area (Å²) < 4.78 is 5.84. The minimum absolute atomic E-state index is 0.628. The first-order chi connectivity index (χ1) is 7.60. The number of rotatable bonds is 5. The van der Waals surface area contributed by atoms with Crippen LogP contribution in [0.5, 0.6) is 0 Å². The molecular formula is C13H18NO2+. The summed E-state index contributed by atoms with van der Waals surface area (Å²) in [6.07, 6.45) is 4.05. The predicted octanol–water partition coefficient (Wildman–Crippen LogP) is 2.07. The Bertz CT molecular complexity index is 366. The Morgan fingerprint density at radius 1 is 1.25 bits per heavy atom. The average Bonchev–Trinajstić information content (AvgIpc) is 2.27. The lowest BCUT2D eigenvalue weighted by atomic mass is 10.2. The summed E-state index contributed by atoms with van der Waals surface area (Å²) >= 11 is 0. The molecule has 0 aliphatic carbocycles. The Labute approximate surface area is 96.5 Å². The summed E-state index contributed by atoms with van der Waals surface area (Å²) in [6.45, 7) is 0.628. The first-order valence-corrected chi connectivity index (χ1v) is 5.14. The van der Waals surface area contributed by atoms with E-state index in [0.29, 0.717) is 11.2 Å². The molecule has 0 N–H and O–H groups in total. The fourth-order valence-electron chi connectivity index (χ4n) is 1.54. The van der Waals surface area contributed by atoms with Crippen LogP contribution in [0.2, 0.25) is 0 Å². The third-order valence-electron chi connectivity index (χ3n) is 2.41. The summed E-state index contributed by atoms with van der Waals surface area (Å²) in [6, 6.07) is 8.07. The van der Waals surface area contributed by atoms with Crippen molar-refractivity contribution >= 4 is 18.0 Å². The lowest BCUT2D eigenvalue weighted by Gasteiger charge is -2.27. The van der Waals surface area contributed by atoms with Gasteiger partial charge in [-0.2, -0.15) is 0 Å². The van der Waals surface area contributed by atoms with Gasteiger partial charge in [0.05, 0.1) is 14.1 Å². The van der Waals surface area contributed by atoms with E-state index < -0.39 is 0 Å². The lowest BCUT2D eigenvalue weighted by Crippen LogP contribution is -2.41. The second kappa shape index (κ2) is 5.58. The molecule has 0 aliphatic heterocycles. The molecular weight excluding hydrogens is 202 g/mol. The van der Waals surface area contributed by atoms with Crippen LogP contribution in [0.3, 0.4) is 0 Å². The summed E-state index contributed by atoms with van der Waals surface area (Å²) in [4.78, 5) is 10.2. The minimum atomic E-state index is 0.628. The van der Waals surface area contributed by atoms with Gasteiger partial charge < -0.3 is 4.74 Å². The molecule has 0 heterocycles. The molecule has 3 heteroatoms. The van der Waals surface area contributed by atoms with Crippen molar-refractivity contribution in [2.45, 2.75) is 0 Å². The Morgan fingerprint density at radius 3 is 2.38 bits per heavy atom. The first kappa shape index (κ1) is 12.6. The van der Waals surface area contributed by atoms with Gasteiger partial charge in [0.15, 0.2) is 6.73 Å². The maximum Gasteiger partial charge on any atom is 0.187 e. The van der Waals surface area contributed by atoms with Gasteiger partial charge in [-0.05, 0) is 35.9 Å². The lowest BCUT2D eigenvalue weighted by molar-refractivity contribution is -0.104. The van der Waals surface area contributed by atoms with Gasteiger partial charge in [0.1, 0.15) is 12.0 Å². The highest BCUT2D eigenvalue weighted by molar-refractivity contribution is 5.74. The van der Waals surface area contributed by atoms with E-state index in [2.05, 4.69) is 14.1 Å². The van der Waals surface area contributed by atoms with Gasteiger partial charge in [-0.25, -0.2) is 0 Å². The zero-order chi connectivity index (χ0) is 12.0. The number of allylic oxidation sites excluding steroid dienone is 1. The smallest absolute Gasteiger partial charge is 0.187 e. The van der Waals surface area contributed by atoms with E-state index in [4.69, 9.17) is 4.74 Å². The number of nitrogens with zero attached hydrogens (tertiary/aromatic N) is 1. The van der Waals surface area contributed by atoms with Gasteiger partial charge in [-0.1, -0.05) is 6.08 Å². The van der Waals surface area contributed by atoms with Crippen LogP contribution in [0.4, 0.5) is 5.69 Å². The van der Waals surface area contributed by atoms with Gasteiger partial charge in [-0.3, -0.25) is 9.28 Å². The average molecular weight is 220 g/mol. The van der Waals surface area contributed by atoms with Gasteiger partial charge in [0, 0.05) is 7.11 Å². The second-order valence-electron chi connectivity index (χ2n) is 4.19. The van der Waals surface area contributed by atoms with Crippen LogP contribution in [0.15, 0.2) is 30.3 Å². The van der Waals surface area contributed by atoms with Crippen LogP contribution in [-0.4, -0.2) is 34.2 Å². The topological polar surface area (TPSA) is 26.3 Å². The summed E-state index contributed by atoms with van der Waals surface area (Å²) in [5.41, 5.74) is 2.19. The number of hydrogen-bond donors (Lipinski definition) is 0. The van der Waals surface area contributed by atoms with Crippen molar-refractivity contribution in [2.75, 3.05) is 27.9 Å². The zero-order valence-electron chi connectivity index (χ0n) is 10.0. The van der Waals surface area contributed by atoms with E-state index in [0.717, 1.165) is 11.8 Å². The number of carbonyl (C=O) groups is 1. The zero-order valence-corrected chi connectivity index (χ0v) is 10.0. The van der Waals surface area contributed by atoms with E-state index in [1.54, 1.807) is 13.2 Å². The standard InChI is InChI=1S/C13H18NO2/c1-14(2,11-16-3)13-8-6-12(7-9-13)5-4-10-15/h4-10H,11H2,1-3H3/q+1/b5-4-. The summed E-state index contributed by atoms with van der Waals surface area (Å²) in [5.74, 6) is 0. The molecule has 1 aromatic carbocycles. The Kier molecular flexibility index (Phi) is 4.40. The third-order valence-corrected chi connectivity index (χ3v) is 2.41. The fourth-order valence-corrected chi connectivity index (χ4v) is 1.54. The molecule has 1 rings (SSSR count). The third kappa shape index (κ3) is 3.29. The van der Waals surface area contributed by atoms with Crippen LogP contribution < -0.4 is 4.48 Å². The van der Waals surface area contributed by atoms with Crippen LogP contribution in [0, 0.1) is 0 Å². The second-order valence-corrected chi connectivity index (χ2v) is 4.19. The predicted molar refractivity (Wildman–Crippen MR) is 67.1 cm³/mol. The van der Waals surface area contributed by atoms with Crippen molar-refractivity contribution in [3.63, 3.8) is 0 Å². The molecule has 3 nitrogen and oxygen atoms in total. The van der Waals surface area contributed by atoms with Crippen LogP contribution >= 0.6 is 0 Å². The van der Waals surface area contributed by atoms with Crippen molar-refractivity contribution in [1.29, 1.82) is 0 Å². The molecule has 0 fully saturated rings. The highest BCUT2D eigenvalue weighted by Crippen LogP contribution is 2.19. The van der Waals surface area contributed by atoms with Crippen molar-refractivity contribution in [1.82, 2.24) is 4.48 Å². The maximum atomic E-state index is 10.2. The molecule has 0 saturated heterocycles. The van der Waals surface area contributed by atoms with Crippen molar-refractivity contribution < 1.29 is 9.53 Å². The number of benzene rings is 1. The van der Waals surface area contributed by atoms with Gasteiger partial charge in [-0.15, -0.1) is 0 Å². The maximum absolute atomic E-state index is 10.2. The Balaban J connectivity index is 2.85. The van der Waals surface area contributed by atoms with Crippen molar-refractivity contribution in [2.24, 2.45) is 0 Å². The molecule has 0 aliphatic rings. The molecule has 16 heavy (non-hydrogen) atoms. The molecule has 0 amide bonds. The Hall–Kier alpha value is -1.45. The van der Waals surface area contributed by atoms with Gasteiger partial charge >= 0.3 is 0 Å². The molecule has 0 unspecified atom stereocenters. The number of quaternary nitrogens is 1.